The van der Waals surface area contributed by atoms with Crippen LogP contribution in [0, 0.1) is 0 Å². The number of sulfonamides is 1. The Hall–Kier alpha value is 0.200. The fourth-order valence-corrected chi connectivity index (χ4v) is 2.11. The molecule has 0 aromatic heterocycles. The first kappa shape index (κ1) is 12.2. The van der Waals surface area contributed by atoms with Crippen molar-refractivity contribution in [3.63, 3.8) is 0 Å². The molecular formula is C7H16ClNO2S. The number of hydrogen-bond donors (Lipinski definition) is 0. The van der Waals surface area contributed by atoms with Gasteiger partial charge in [0, 0.05) is 18.5 Å². The van der Waals surface area contributed by atoms with Crippen molar-refractivity contribution in [2.45, 2.75) is 26.3 Å². The molecule has 0 N–H and O–H groups in total. The number of halogens is 1. The van der Waals surface area contributed by atoms with Gasteiger partial charge in [0.1, 0.15) is 0 Å². The number of nitrogens with zero attached hydrogens (tertiary/aromatic N) is 1. The minimum absolute atomic E-state index is 0.115. The van der Waals surface area contributed by atoms with Crippen LogP contribution in [0.1, 0.15) is 20.8 Å². The first-order valence-corrected chi connectivity index (χ1v) is 5.95. The summed E-state index contributed by atoms with van der Waals surface area (Å²) in [5.41, 5.74) is -0.504. The summed E-state index contributed by atoms with van der Waals surface area (Å²) in [5.74, 6) is 0.409. The van der Waals surface area contributed by atoms with Crippen LogP contribution in [-0.4, -0.2) is 36.9 Å². The molecule has 0 aromatic rings. The van der Waals surface area contributed by atoms with Crippen LogP contribution in [0.25, 0.3) is 0 Å². The van der Waals surface area contributed by atoms with E-state index in [0.717, 1.165) is 0 Å². The Balaban J connectivity index is 4.72. The highest BCUT2D eigenvalue weighted by Gasteiger charge is 2.30. The van der Waals surface area contributed by atoms with Gasteiger partial charge in [-0.15, -0.1) is 11.6 Å². The van der Waals surface area contributed by atoms with Crippen molar-refractivity contribution in [1.29, 1.82) is 0 Å². The second-order valence-electron chi connectivity index (χ2n) is 3.31. The van der Waals surface area contributed by atoms with E-state index in [4.69, 9.17) is 11.6 Å². The molecule has 0 aliphatic rings. The predicted octanol–water partition coefficient (Wildman–Crippen LogP) is 1.29. The van der Waals surface area contributed by atoms with Crippen molar-refractivity contribution in [2.75, 3.05) is 18.7 Å². The minimum atomic E-state index is -3.12. The van der Waals surface area contributed by atoms with Gasteiger partial charge in [0.05, 0.1) is 5.75 Å². The van der Waals surface area contributed by atoms with Gasteiger partial charge >= 0.3 is 0 Å². The van der Waals surface area contributed by atoms with E-state index in [2.05, 4.69) is 0 Å². The third-order valence-corrected chi connectivity index (χ3v) is 4.67. The molecule has 0 unspecified atom stereocenters. The van der Waals surface area contributed by atoms with Crippen LogP contribution in [-0.2, 0) is 10.0 Å². The monoisotopic (exact) mass is 213 g/mol. The lowest BCUT2D eigenvalue weighted by atomic mass is 10.1. The summed E-state index contributed by atoms with van der Waals surface area (Å²) >= 11 is 5.64. The Bertz CT molecular complexity index is 236. The van der Waals surface area contributed by atoms with E-state index in [-0.39, 0.29) is 5.75 Å². The van der Waals surface area contributed by atoms with E-state index in [1.807, 2.05) is 0 Å². The smallest absolute Gasteiger partial charge is 0.212 e. The summed E-state index contributed by atoms with van der Waals surface area (Å²) in [7, 11) is -1.56. The Morgan fingerprint density at radius 2 is 1.83 bits per heavy atom. The lowest BCUT2D eigenvalue weighted by Crippen LogP contribution is -2.46. The quantitative estimate of drug-likeness (QED) is 0.660. The highest BCUT2D eigenvalue weighted by atomic mass is 35.5. The molecule has 0 saturated heterocycles. The topological polar surface area (TPSA) is 37.4 Å². The highest BCUT2D eigenvalue weighted by molar-refractivity contribution is 7.89. The van der Waals surface area contributed by atoms with Crippen molar-refractivity contribution in [3.8, 4) is 0 Å². The van der Waals surface area contributed by atoms with Crippen molar-refractivity contribution in [3.05, 3.63) is 0 Å². The van der Waals surface area contributed by atoms with Crippen molar-refractivity contribution in [1.82, 2.24) is 4.31 Å². The zero-order chi connectivity index (χ0) is 9.99. The molecule has 0 saturated carbocycles. The van der Waals surface area contributed by atoms with Gasteiger partial charge in [0.2, 0.25) is 10.0 Å². The van der Waals surface area contributed by atoms with E-state index in [1.165, 1.54) is 4.31 Å². The highest BCUT2D eigenvalue weighted by Crippen LogP contribution is 2.17. The van der Waals surface area contributed by atoms with Gasteiger partial charge in [-0.3, -0.25) is 0 Å². The molecule has 5 heteroatoms. The van der Waals surface area contributed by atoms with Gasteiger partial charge in [-0.05, 0) is 20.8 Å². The van der Waals surface area contributed by atoms with Gasteiger partial charge in [-0.2, -0.15) is 4.31 Å². The Morgan fingerprint density at radius 3 is 2.08 bits per heavy atom. The van der Waals surface area contributed by atoms with Crippen LogP contribution < -0.4 is 0 Å². The van der Waals surface area contributed by atoms with E-state index < -0.39 is 15.6 Å². The number of rotatable bonds is 4. The first-order valence-electron chi connectivity index (χ1n) is 3.80. The predicted molar refractivity (Wildman–Crippen MR) is 52.0 cm³/mol. The summed E-state index contributed by atoms with van der Waals surface area (Å²) in [6.45, 7) is 5.22. The molecule has 0 radical (unpaired) electrons. The van der Waals surface area contributed by atoms with Crippen molar-refractivity contribution >= 4 is 21.6 Å². The van der Waals surface area contributed by atoms with Crippen LogP contribution in [0.5, 0.6) is 0 Å². The van der Waals surface area contributed by atoms with E-state index in [9.17, 15) is 8.42 Å². The van der Waals surface area contributed by atoms with Gasteiger partial charge in [-0.1, -0.05) is 0 Å². The molecule has 0 heterocycles. The molecule has 0 rings (SSSR count). The number of alkyl halides is 1. The fourth-order valence-electron chi connectivity index (χ4n) is 0.654. The SMILES string of the molecule is CCS(=O)(=O)N(C)C(C)(C)CCl. The average Bonchev–Trinajstić information content (AvgIpc) is 2.03. The molecule has 74 valence electrons. The zero-order valence-electron chi connectivity index (χ0n) is 7.96. The normalized spacial score (nSPS) is 13.8. The maximum Gasteiger partial charge on any atom is 0.214 e. The lowest BCUT2D eigenvalue weighted by Gasteiger charge is -2.32. The summed E-state index contributed by atoms with van der Waals surface area (Å²) in [6.07, 6.45) is 0. The standard InChI is InChI=1S/C7H16ClNO2S/c1-5-12(10,11)9(4)7(2,3)6-8/h5-6H2,1-4H3. The Morgan fingerprint density at radius 1 is 1.42 bits per heavy atom. The second kappa shape index (κ2) is 3.94. The third-order valence-electron chi connectivity index (χ3n) is 1.96. The van der Waals surface area contributed by atoms with E-state index in [0.29, 0.717) is 5.88 Å². The molecule has 12 heavy (non-hydrogen) atoms. The number of hydrogen-bond acceptors (Lipinski definition) is 2. The molecule has 0 amide bonds. The molecule has 0 aliphatic carbocycles. The van der Waals surface area contributed by atoms with Crippen LogP contribution in [0.2, 0.25) is 0 Å². The minimum Gasteiger partial charge on any atom is -0.212 e. The second-order valence-corrected chi connectivity index (χ2v) is 5.87. The maximum atomic E-state index is 11.4. The summed E-state index contributed by atoms with van der Waals surface area (Å²) in [5, 5.41) is 0. The first-order chi connectivity index (χ1) is 5.28. The lowest BCUT2D eigenvalue weighted by molar-refractivity contribution is 0.296. The zero-order valence-corrected chi connectivity index (χ0v) is 9.54. The Kier molecular flexibility index (Phi) is 4.00. The molecule has 0 aromatic carbocycles. The van der Waals surface area contributed by atoms with E-state index >= 15 is 0 Å². The average molecular weight is 214 g/mol. The van der Waals surface area contributed by atoms with Gasteiger partial charge in [0.15, 0.2) is 0 Å². The van der Waals surface area contributed by atoms with Crippen molar-refractivity contribution in [2.24, 2.45) is 0 Å². The maximum absolute atomic E-state index is 11.4. The summed E-state index contributed by atoms with van der Waals surface area (Å²) < 4.78 is 24.1. The summed E-state index contributed by atoms with van der Waals surface area (Å²) in [4.78, 5) is 0. The largest absolute Gasteiger partial charge is 0.214 e. The van der Waals surface area contributed by atoms with Crippen LogP contribution in [0.3, 0.4) is 0 Å². The van der Waals surface area contributed by atoms with Gasteiger partial charge < -0.3 is 0 Å². The van der Waals surface area contributed by atoms with Crippen LogP contribution in [0.15, 0.2) is 0 Å². The Labute approximate surface area is 79.8 Å². The molecule has 0 bridgehead atoms. The third kappa shape index (κ3) is 2.61. The molecular weight excluding hydrogens is 198 g/mol. The van der Waals surface area contributed by atoms with Gasteiger partial charge in [0.25, 0.3) is 0 Å². The summed E-state index contributed by atoms with van der Waals surface area (Å²) in [6, 6.07) is 0. The molecule has 0 aliphatic heterocycles. The van der Waals surface area contributed by atoms with Crippen LogP contribution >= 0.6 is 11.6 Å². The van der Waals surface area contributed by atoms with E-state index in [1.54, 1.807) is 27.8 Å². The molecule has 3 nitrogen and oxygen atoms in total. The van der Waals surface area contributed by atoms with Crippen LogP contribution in [0.4, 0.5) is 0 Å². The van der Waals surface area contributed by atoms with Gasteiger partial charge in [-0.25, -0.2) is 8.42 Å². The van der Waals surface area contributed by atoms with Crippen molar-refractivity contribution < 1.29 is 8.42 Å². The molecule has 0 fully saturated rings. The molecule has 0 atom stereocenters. The fraction of sp³-hybridized carbons (Fsp3) is 1.00. The molecule has 0 spiro atoms.